The Kier molecular flexibility index (Phi) is 4.39. The number of aliphatic hydroxyl groups is 1. The fraction of sp³-hybridized carbons (Fsp3) is 0.385. The van der Waals surface area contributed by atoms with Gasteiger partial charge in [-0.25, -0.2) is 0 Å². The minimum Gasteiger partial charge on any atom is -0.423 e. The molecule has 0 aliphatic carbocycles. The van der Waals surface area contributed by atoms with Crippen LogP contribution in [0.4, 0.5) is 5.69 Å². The lowest BCUT2D eigenvalue weighted by Gasteiger charge is -2.07. The van der Waals surface area contributed by atoms with Gasteiger partial charge in [-0.05, 0) is 17.7 Å². The first kappa shape index (κ1) is 13.8. The summed E-state index contributed by atoms with van der Waals surface area (Å²) in [5.74, 6) is 1.34. The maximum atomic E-state index is 9.09. The number of aliphatic hydroxyl groups excluding tert-OH is 1. The summed E-state index contributed by atoms with van der Waals surface area (Å²) >= 11 is 6.06. The van der Waals surface area contributed by atoms with Gasteiger partial charge in [-0.15, -0.1) is 10.2 Å². The highest BCUT2D eigenvalue weighted by atomic mass is 35.5. The molecule has 2 rings (SSSR count). The first-order valence-electron chi connectivity index (χ1n) is 6.05. The van der Waals surface area contributed by atoms with Crippen LogP contribution in [0.1, 0.15) is 37.1 Å². The first-order chi connectivity index (χ1) is 9.10. The highest BCUT2D eigenvalue weighted by Crippen LogP contribution is 2.23. The lowest BCUT2D eigenvalue weighted by atomic mass is 10.2. The van der Waals surface area contributed by atoms with E-state index < -0.39 is 0 Å². The van der Waals surface area contributed by atoms with E-state index in [0.29, 0.717) is 23.3 Å². The Balaban J connectivity index is 2.05. The zero-order valence-corrected chi connectivity index (χ0v) is 11.6. The molecule has 1 aromatic carbocycles. The summed E-state index contributed by atoms with van der Waals surface area (Å²) in [5, 5.41) is 20.7. The highest BCUT2D eigenvalue weighted by Gasteiger charge is 2.10. The van der Waals surface area contributed by atoms with Crippen LogP contribution in [0.5, 0.6) is 0 Å². The molecule has 5 nitrogen and oxygen atoms in total. The molecule has 1 heterocycles. The summed E-state index contributed by atoms with van der Waals surface area (Å²) in [6, 6.07) is 5.31. The summed E-state index contributed by atoms with van der Waals surface area (Å²) in [7, 11) is 0. The number of benzene rings is 1. The van der Waals surface area contributed by atoms with Crippen molar-refractivity contribution < 1.29 is 9.52 Å². The van der Waals surface area contributed by atoms with Crippen molar-refractivity contribution in [3.05, 3.63) is 40.6 Å². The second-order valence-electron chi connectivity index (χ2n) is 4.51. The third kappa shape index (κ3) is 3.45. The highest BCUT2D eigenvalue weighted by molar-refractivity contribution is 6.33. The van der Waals surface area contributed by atoms with Gasteiger partial charge in [-0.3, -0.25) is 0 Å². The number of hydrogen-bond donors (Lipinski definition) is 2. The van der Waals surface area contributed by atoms with Gasteiger partial charge in [0.1, 0.15) is 0 Å². The molecule has 0 radical (unpaired) electrons. The molecule has 0 bridgehead atoms. The van der Waals surface area contributed by atoms with Crippen LogP contribution >= 0.6 is 11.6 Å². The Morgan fingerprint density at radius 1 is 1.37 bits per heavy atom. The second kappa shape index (κ2) is 6.04. The average molecular weight is 282 g/mol. The van der Waals surface area contributed by atoms with Crippen molar-refractivity contribution >= 4 is 17.3 Å². The van der Waals surface area contributed by atoms with Gasteiger partial charge >= 0.3 is 0 Å². The second-order valence-corrected chi connectivity index (χ2v) is 4.92. The van der Waals surface area contributed by atoms with Crippen molar-refractivity contribution in [1.82, 2.24) is 10.2 Å². The van der Waals surface area contributed by atoms with Crippen LogP contribution in [0.25, 0.3) is 0 Å². The summed E-state index contributed by atoms with van der Waals surface area (Å²) < 4.78 is 5.49. The van der Waals surface area contributed by atoms with E-state index in [-0.39, 0.29) is 12.5 Å². The largest absolute Gasteiger partial charge is 0.423 e. The van der Waals surface area contributed by atoms with Gasteiger partial charge in [-0.1, -0.05) is 31.5 Å². The van der Waals surface area contributed by atoms with Crippen LogP contribution in [0.15, 0.2) is 22.6 Å². The zero-order chi connectivity index (χ0) is 13.8. The lowest BCUT2D eigenvalue weighted by molar-refractivity contribution is 0.282. The van der Waals surface area contributed by atoms with Crippen molar-refractivity contribution in [3.8, 4) is 0 Å². The molecular weight excluding hydrogens is 266 g/mol. The first-order valence-corrected chi connectivity index (χ1v) is 6.43. The fourth-order valence-corrected chi connectivity index (χ4v) is 1.73. The molecule has 1 aromatic heterocycles. The maximum Gasteiger partial charge on any atom is 0.235 e. The smallest absolute Gasteiger partial charge is 0.235 e. The topological polar surface area (TPSA) is 71.2 Å². The molecule has 19 heavy (non-hydrogen) atoms. The van der Waals surface area contributed by atoms with Crippen LogP contribution in [0.2, 0.25) is 5.02 Å². The van der Waals surface area contributed by atoms with Crippen molar-refractivity contribution in [2.24, 2.45) is 0 Å². The van der Waals surface area contributed by atoms with Gasteiger partial charge < -0.3 is 14.8 Å². The van der Waals surface area contributed by atoms with Crippen molar-refractivity contribution in [1.29, 1.82) is 0 Å². The Labute approximate surface area is 116 Å². The molecule has 0 unspecified atom stereocenters. The predicted octanol–water partition coefficient (Wildman–Crippen LogP) is 2.95. The molecule has 0 saturated heterocycles. The van der Waals surface area contributed by atoms with Gasteiger partial charge in [0.05, 0.1) is 23.9 Å². The number of rotatable bonds is 5. The Morgan fingerprint density at radius 2 is 2.16 bits per heavy atom. The van der Waals surface area contributed by atoms with E-state index in [1.807, 2.05) is 13.8 Å². The summed E-state index contributed by atoms with van der Waals surface area (Å²) in [6.45, 7) is 4.36. The zero-order valence-electron chi connectivity index (χ0n) is 10.9. The molecule has 0 fully saturated rings. The Bertz CT molecular complexity index is 555. The van der Waals surface area contributed by atoms with Gasteiger partial charge in [0, 0.05) is 5.92 Å². The monoisotopic (exact) mass is 281 g/mol. The maximum absolute atomic E-state index is 9.09. The molecule has 102 valence electrons. The Hall–Kier alpha value is -1.59. The van der Waals surface area contributed by atoms with Gasteiger partial charge in [0.2, 0.25) is 11.8 Å². The molecule has 0 aliphatic rings. The standard InChI is InChI=1S/C13H16ClN3O2/c1-8(2)13-17-16-12(19-13)6-15-11-5-9(7-18)3-4-10(11)14/h3-5,8,15,18H,6-7H2,1-2H3. The van der Waals surface area contributed by atoms with Gasteiger partial charge in [0.15, 0.2) is 0 Å². The predicted molar refractivity (Wildman–Crippen MR) is 73.1 cm³/mol. The summed E-state index contributed by atoms with van der Waals surface area (Å²) in [4.78, 5) is 0. The Morgan fingerprint density at radius 3 is 2.79 bits per heavy atom. The molecule has 2 aromatic rings. The minimum atomic E-state index is -0.0239. The van der Waals surface area contributed by atoms with Crippen LogP contribution in [0, 0.1) is 0 Å². The molecule has 0 atom stereocenters. The van der Waals surface area contributed by atoms with Crippen LogP contribution in [-0.4, -0.2) is 15.3 Å². The van der Waals surface area contributed by atoms with E-state index in [1.54, 1.807) is 18.2 Å². The number of halogens is 1. The SMILES string of the molecule is CC(C)c1nnc(CNc2cc(CO)ccc2Cl)o1. The normalized spacial score (nSPS) is 11.0. The number of nitrogens with zero attached hydrogens (tertiary/aromatic N) is 2. The number of anilines is 1. The summed E-state index contributed by atoms with van der Waals surface area (Å²) in [5.41, 5.74) is 1.53. The van der Waals surface area contributed by atoms with E-state index in [2.05, 4.69) is 15.5 Å². The van der Waals surface area contributed by atoms with E-state index in [1.165, 1.54) is 0 Å². The molecule has 0 saturated carbocycles. The number of nitrogens with one attached hydrogen (secondary N) is 1. The number of aromatic nitrogens is 2. The van der Waals surface area contributed by atoms with Crippen LogP contribution < -0.4 is 5.32 Å². The quantitative estimate of drug-likeness (QED) is 0.882. The van der Waals surface area contributed by atoms with E-state index in [4.69, 9.17) is 21.1 Å². The van der Waals surface area contributed by atoms with Crippen molar-refractivity contribution in [3.63, 3.8) is 0 Å². The van der Waals surface area contributed by atoms with E-state index >= 15 is 0 Å². The average Bonchev–Trinajstić information content (AvgIpc) is 2.87. The third-order valence-electron chi connectivity index (χ3n) is 2.62. The molecule has 0 amide bonds. The summed E-state index contributed by atoms with van der Waals surface area (Å²) in [6.07, 6.45) is 0. The van der Waals surface area contributed by atoms with Crippen molar-refractivity contribution in [2.45, 2.75) is 32.9 Å². The molecule has 2 N–H and O–H groups in total. The van der Waals surface area contributed by atoms with Gasteiger partial charge in [0.25, 0.3) is 0 Å². The molecular formula is C13H16ClN3O2. The minimum absolute atomic E-state index is 0.0239. The van der Waals surface area contributed by atoms with Crippen LogP contribution in [-0.2, 0) is 13.2 Å². The van der Waals surface area contributed by atoms with Crippen molar-refractivity contribution in [2.75, 3.05) is 5.32 Å². The molecule has 0 aliphatic heterocycles. The van der Waals surface area contributed by atoms with Crippen LogP contribution in [0.3, 0.4) is 0 Å². The molecule has 0 spiro atoms. The number of hydrogen-bond acceptors (Lipinski definition) is 5. The van der Waals surface area contributed by atoms with Gasteiger partial charge in [-0.2, -0.15) is 0 Å². The third-order valence-corrected chi connectivity index (χ3v) is 2.95. The fourth-order valence-electron chi connectivity index (χ4n) is 1.55. The van der Waals surface area contributed by atoms with E-state index in [0.717, 1.165) is 11.3 Å². The van der Waals surface area contributed by atoms with E-state index in [9.17, 15) is 0 Å². The lowest BCUT2D eigenvalue weighted by Crippen LogP contribution is -2.01. The molecule has 6 heteroatoms.